The zero-order chi connectivity index (χ0) is 25.7. The molecule has 0 heterocycles. The number of aromatic hydroxyl groups is 4. The van der Waals surface area contributed by atoms with Crippen LogP contribution >= 0.6 is 0 Å². The van der Waals surface area contributed by atoms with E-state index in [0.717, 1.165) is 0 Å². The second-order valence-electron chi connectivity index (χ2n) is 8.85. The molecule has 7 heteroatoms. The van der Waals surface area contributed by atoms with Crippen molar-refractivity contribution in [2.24, 2.45) is 0 Å². The van der Waals surface area contributed by atoms with Crippen molar-refractivity contribution in [3.8, 4) is 23.0 Å². The van der Waals surface area contributed by atoms with Gasteiger partial charge in [-0.1, -0.05) is 72.8 Å². The average Bonchev–Trinajstić information content (AvgIpc) is 2.88. The van der Waals surface area contributed by atoms with E-state index in [9.17, 15) is 20.4 Å². The molecule has 4 aromatic rings. The molecule has 37 heavy (non-hydrogen) atoms. The minimum Gasteiger partial charge on any atom is -0.507 e. The molecule has 0 atom stereocenters. The Hall–Kier alpha value is -3.31. The number of phenols is 4. The van der Waals surface area contributed by atoms with E-state index < -0.39 is 0 Å². The van der Waals surface area contributed by atoms with Crippen LogP contribution in [0.1, 0.15) is 44.5 Å². The van der Waals surface area contributed by atoms with E-state index in [1.807, 2.05) is 72.8 Å². The first-order valence-corrected chi connectivity index (χ1v) is 11.8. The molecule has 0 radical (unpaired) electrons. The van der Waals surface area contributed by atoms with Gasteiger partial charge in [-0.2, -0.15) is 0 Å². The van der Waals surface area contributed by atoms with Crippen LogP contribution in [0, 0.1) is 0 Å². The number of aliphatic hydroxyl groups is 2. The van der Waals surface area contributed by atoms with Gasteiger partial charge in [-0.25, -0.2) is 0 Å². The maximum atomic E-state index is 10.9. The van der Waals surface area contributed by atoms with Gasteiger partial charge in [-0.05, 0) is 44.5 Å². The molecule has 6 N–H and O–H groups in total. The number of fused-ring (bicyclic) bond motifs is 8. The summed E-state index contributed by atoms with van der Waals surface area (Å²) in [5.41, 5.74) is 5.69. The molecule has 0 saturated heterocycles. The van der Waals surface area contributed by atoms with Crippen LogP contribution in [0.15, 0.2) is 72.8 Å². The quantitative estimate of drug-likeness (QED) is 0.160. The predicted octanol–water partition coefficient (Wildman–Crippen LogP) is 4.15. The topological polar surface area (TPSA) is 121 Å². The summed E-state index contributed by atoms with van der Waals surface area (Å²) in [7, 11) is 0. The third-order valence-corrected chi connectivity index (χ3v) is 6.44. The van der Waals surface area contributed by atoms with Crippen molar-refractivity contribution in [3.05, 3.63) is 117 Å². The first-order valence-electron chi connectivity index (χ1n) is 11.8. The molecule has 0 amide bonds. The summed E-state index contributed by atoms with van der Waals surface area (Å²) in [4.78, 5) is 0. The summed E-state index contributed by atoms with van der Waals surface area (Å²) < 4.78 is 0. The molecule has 0 spiro atoms. The number of hydrogen-bond donors (Lipinski definition) is 6. The first kappa shape index (κ1) is 28.3. The van der Waals surface area contributed by atoms with Gasteiger partial charge in [-0.15, -0.1) is 0 Å². The summed E-state index contributed by atoms with van der Waals surface area (Å²) >= 11 is 0. The SMILES string of the molecule is OCCO.Oc1c2cccc1Cc1cccc(c1O)Cc1cccc(c1O)Cc1cccc(c1O)C2.[W]. The summed E-state index contributed by atoms with van der Waals surface area (Å²) in [6.07, 6.45) is 1.49. The zero-order valence-corrected chi connectivity index (χ0v) is 23.2. The van der Waals surface area contributed by atoms with Crippen LogP contribution in [0.3, 0.4) is 0 Å². The van der Waals surface area contributed by atoms with E-state index in [1.165, 1.54) is 0 Å². The van der Waals surface area contributed by atoms with Gasteiger partial charge in [0.05, 0.1) is 13.2 Å². The number of hydrogen-bond acceptors (Lipinski definition) is 6. The predicted molar refractivity (Wildman–Crippen MR) is 138 cm³/mol. The molecule has 1 aliphatic rings. The van der Waals surface area contributed by atoms with Crippen molar-refractivity contribution in [3.63, 3.8) is 0 Å². The fourth-order valence-electron chi connectivity index (χ4n) is 4.54. The van der Waals surface area contributed by atoms with Crippen LogP contribution in [0.2, 0.25) is 0 Å². The van der Waals surface area contributed by atoms with Crippen LogP contribution in [-0.4, -0.2) is 43.9 Å². The van der Waals surface area contributed by atoms with Gasteiger partial charge in [0.2, 0.25) is 0 Å². The van der Waals surface area contributed by atoms with Crippen molar-refractivity contribution in [1.29, 1.82) is 0 Å². The van der Waals surface area contributed by atoms with Gasteiger partial charge in [0.1, 0.15) is 23.0 Å². The van der Waals surface area contributed by atoms with Crippen molar-refractivity contribution >= 4 is 0 Å². The molecule has 192 valence electrons. The molecular formula is C30H30O6W. The van der Waals surface area contributed by atoms with Crippen LogP contribution < -0.4 is 0 Å². The smallest absolute Gasteiger partial charge is 0.122 e. The molecule has 0 unspecified atom stereocenters. The average molecular weight is 670 g/mol. The molecule has 1 aliphatic carbocycles. The van der Waals surface area contributed by atoms with Gasteiger partial charge in [0, 0.05) is 46.7 Å². The van der Waals surface area contributed by atoms with Gasteiger partial charge in [0.25, 0.3) is 0 Å². The van der Waals surface area contributed by atoms with Crippen molar-refractivity contribution < 1.29 is 51.7 Å². The standard InChI is InChI=1S/C28H24O4.C2H6O2.W/c29-25-17-5-1-6-18(25)14-20-8-3-10-22(27(20)31)16-24-12-4-11-23(28(24)32)15-21-9-2-7-19(13-17)26(21)30;3-1-2-4;/h1-12,29-32H,13-16H2;3-4H,1-2H2;. The molecule has 6 nitrogen and oxygen atoms in total. The minimum absolute atomic E-state index is 0. The second kappa shape index (κ2) is 12.8. The molecule has 5 rings (SSSR count). The Bertz CT molecular complexity index is 1080. The van der Waals surface area contributed by atoms with E-state index >= 15 is 0 Å². The fraction of sp³-hybridized carbons (Fsp3) is 0.200. The van der Waals surface area contributed by atoms with Crippen molar-refractivity contribution in [2.75, 3.05) is 13.2 Å². The fourth-order valence-corrected chi connectivity index (χ4v) is 4.54. The number of benzene rings is 4. The number of rotatable bonds is 1. The third kappa shape index (κ3) is 6.34. The maximum absolute atomic E-state index is 10.9. The van der Waals surface area contributed by atoms with Gasteiger partial charge in [0.15, 0.2) is 0 Å². The normalized spacial score (nSPS) is 12.1. The molecule has 0 aliphatic heterocycles. The number of para-hydroxylation sites is 4. The summed E-state index contributed by atoms with van der Waals surface area (Å²) in [5, 5.41) is 59.0. The Morgan fingerprint density at radius 2 is 0.541 bits per heavy atom. The molecule has 0 fully saturated rings. The Morgan fingerprint density at radius 1 is 0.378 bits per heavy atom. The molecule has 8 bridgehead atoms. The van der Waals surface area contributed by atoms with E-state index in [-0.39, 0.29) is 57.3 Å². The van der Waals surface area contributed by atoms with Gasteiger partial charge >= 0.3 is 0 Å². The van der Waals surface area contributed by atoms with Crippen LogP contribution in [-0.2, 0) is 46.7 Å². The van der Waals surface area contributed by atoms with Crippen LogP contribution in [0.25, 0.3) is 0 Å². The monoisotopic (exact) mass is 670 g/mol. The Labute approximate surface area is 230 Å². The Morgan fingerprint density at radius 3 is 0.676 bits per heavy atom. The van der Waals surface area contributed by atoms with Crippen molar-refractivity contribution in [2.45, 2.75) is 25.7 Å². The molecule has 0 saturated carbocycles. The van der Waals surface area contributed by atoms with E-state index in [0.29, 0.717) is 70.2 Å². The van der Waals surface area contributed by atoms with Gasteiger partial charge in [-0.3, -0.25) is 0 Å². The largest absolute Gasteiger partial charge is 0.507 e. The Kier molecular flexibility index (Phi) is 9.76. The Balaban J connectivity index is 0.000000711. The summed E-state index contributed by atoms with van der Waals surface area (Å²) in [6, 6.07) is 22.3. The zero-order valence-electron chi connectivity index (χ0n) is 20.3. The first-order chi connectivity index (χ1) is 17.4. The van der Waals surface area contributed by atoms with E-state index in [4.69, 9.17) is 10.2 Å². The maximum Gasteiger partial charge on any atom is 0.122 e. The van der Waals surface area contributed by atoms with E-state index in [2.05, 4.69) is 0 Å². The molecule has 0 aromatic heterocycles. The minimum atomic E-state index is -0.125. The van der Waals surface area contributed by atoms with Gasteiger partial charge < -0.3 is 30.6 Å². The van der Waals surface area contributed by atoms with Crippen molar-refractivity contribution in [1.82, 2.24) is 0 Å². The molecular weight excluding hydrogens is 640 g/mol. The molecule has 4 aromatic carbocycles. The van der Waals surface area contributed by atoms with E-state index in [1.54, 1.807) is 0 Å². The second-order valence-corrected chi connectivity index (χ2v) is 8.85. The van der Waals surface area contributed by atoms with Crippen LogP contribution in [0.5, 0.6) is 23.0 Å². The third-order valence-electron chi connectivity index (χ3n) is 6.44. The van der Waals surface area contributed by atoms with Crippen LogP contribution in [0.4, 0.5) is 0 Å². The summed E-state index contributed by atoms with van der Waals surface area (Å²) in [5.74, 6) is 0.711. The number of aliphatic hydroxyl groups excluding tert-OH is 2. The summed E-state index contributed by atoms with van der Waals surface area (Å²) in [6.45, 7) is -0.250. The number of phenolic OH excluding ortho intramolecular Hbond substituents is 4.